The largest absolute Gasteiger partial charge is 0.573 e. The Kier molecular flexibility index (Phi) is 4.93. The number of ether oxygens (including phenoxy) is 1. The maximum atomic E-state index is 12.0. The molecule has 0 aromatic heterocycles. The number of benzene rings is 2. The fraction of sp³-hybridized carbons (Fsp3) is 0.125. The van der Waals surface area contributed by atoms with Gasteiger partial charge in [-0.05, 0) is 42.3 Å². The molecule has 6 heteroatoms. The molecule has 0 spiro atoms. The molecular formula is C16H13F3N2O. The Balaban J connectivity index is 1.94. The van der Waals surface area contributed by atoms with Gasteiger partial charge in [-0.15, -0.1) is 13.2 Å². The normalized spacial score (nSPS) is 12.2. The minimum absolute atomic E-state index is 0.271. The first-order valence-corrected chi connectivity index (χ1v) is 6.41. The summed E-state index contributed by atoms with van der Waals surface area (Å²) in [7, 11) is 0. The van der Waals surface area contributed by atoms with Crippen molar-refractivity contribution in [3.8, 4) is 5.75 Å². The van der Waals surface area contributed by atoms with Crippen molar-refractivity contribution < 1.29 is 17.9 Å². The molecule has 0 aliphatic carbocycles. The van der Waals surface area contributed by atoms with Crippen molar-refractivity contribution in [1.82, 2.24) is 0 Å². The Morgan fingerprint density at radius 1 is 0.818 bits per heavy atom. The summed E-state index contributed by atoms with van der Waals surface area (Å²) in [5.74, 6) is -0.271. The summed E-state index contributed by atoms with van der Waals surface area (Å²) in [5, 5.41) is 7.73. The lowest BCUT2D eigenvalue weighted by Gasteiger charge is -2.08. The Morgan fingerprint density at radius 2 is 1.27 bits per heavy atom. The zero-order valence-electron chi connectivity index (χ0n) is 11.7. The van der Waals surface area contributed by atoms with E-state index < -0.39 is 6.36 Å². The molecule has 2 aromatic rings. The summed E-state index contributed by atoms with van der Waals surface area (Å²) < 4.78 is 39.8. The quantitative estimate of drug-likeness (QED) is 0.611. The van der Waals surface area contributed by atoms with Gasteiger partial charge in [0.1, 0.15) is 5.75 Å². The van der Waals surface area contributed by atoms with Crippen molar-refractivity contribution in [3.63, 3.8) is 0 Å². The molecule has 2 rings (SSSR count). The van der Waals surface area contributed by atoms with Crippen LogP contribution in [0.4, 0.5) is 13.2 Å². The third kappa shape index (κ3) is 5.40. The summed E-state index contributed by atoms with van der Waals surface area (Å²) in [6.07, 6.45) is -1.65. The van der Waals surface area contributed by atoms with Crippen LogP contribution in [0.2, 0.25) is 0 Å². The predicted octanol–water partition coefficient (Wildman–Crippen LogP) is 4.35. The maximum Gasteiger partial charge on any atom is 0.573 e. The Morgan fingerprint density at radius 3 is 1.73 bits per heavy atom. The van der Waals surface area contributed by atoms with Gasteiger partial charge in [0.15, 0.2) is 0 Å². The summed E-state index contributed by atoms with van der Waals surface area (Å²) in [6.45, 7) is 1.99. The SMILES string of the molecule is Cc1ccc(/C=N/N=C\c2ccc(OC(F)(F)F)cc2)cc1. The van der Waals surface area contributed by atoms with Gasteiger partial charge in [-0.3, -0.25) is 0 Å². The van der Waals surface area contributed by atoms with Crippen LogP contribution in [0.1, 0.15) is 16.7 Å². The number of aryl methyl sites for hydroxylation is 1. The highest BCUT2D eigenvalue weighted by Crippen LogP contribution is 2.22. The standard InChI is InChI=1S/C16H13F3N2O/c1-12-2-4-13(5-3-12)10-20-21-11-14-6-8-15(9-7-14)22-16(17,18)19/h2-11H,1H3/b20-10+,21-11-. The molecule has 0 amide bonds. The molecule has 2 aromatic carbocycles. The van der Waals surface area contributed by atoms with Crippen LogP contribution in [-0.4, -0.2) is 18.8 Å². The molecule has 0 saturated carbocycles. The minimum Gasteiger partial charge on any atom is -0.406 e. The highest BCUT2D eigenvalue weighted by atomic mass is 19.4. The minimum atomic E-state index is -4.69. The van der Waals surface area contributed by atoms with E-state index in [0.29, 0.717) is 5.56 Å². The van der Waals surface area contributed by atoms with Crippen molar-refractivity contribution in [2.24, 2.45) is 10.2 Å². The van der Waals surface area contributed by atoms with Crippen molar-refractivity contribution >= 4 is 12.4 Å². The lowest BCUT2D eigenvalue weighted by molar-refractivity contribution is -0.274. The number of hydrogen-bond donors (Lipinski definition) is 0. The zero-order chi connectivity index (χ0) is 16.0. The third-order valence-electron chi connectivity index (χ3n) is 2.67. The summed E-state index contributed by atoms with van der Waals surface area (Å²) in [4.78, 5) is 0. The van der Waals surface area contributed by atoms with Crippen LogP contribution in [-0.2, 0) is 0 Å². The van der Waals surface area contributed by atoms with E-state index in [2.05, 4.69) is 14.9 Å². The molecule has 0 saturated heterocycles. The summed E-state index contributed by atoms with van der Waals surface area (Å²) in [5.41, 5.74) is 2.69. The lowest BCUT2D eigenvalue weighted by atomic mass is 10.2. The van der Waals surface area contributed by atoms with Crippen molar-refractivity contribution in [1.29, 1.82) is 0 Å². The van der Waals surface area contributed by atoms with Crippen LogP contribution < -0.4 is 4.74 Å². The summed E-state index contributed by atoms with van der Waals surface area (Å²) >= 11 is 0. The number of alkyl halides is 3. The highest BCUT2D eigenvalue weighted by molar-refractivity contribution is 5.82. The molecule has 0 aliphatic heterocycles. The molecular weight excluding hydrogens is 293 g/mol. The molecule has 0 radical (unpaired) electrons. The van der Waals surface area contributed by atoms with Gasteiger partial charge >= 0.3 is 6.36 Å². The van der Waals surface area contributed by atoms with E-state index in [1.807, 2.05) is 31.2 Å². The second-order valence-corrected chi connectivity index (χ2v) is 4.52. The Bertz CT molecular complexity index is 659. The van der Waals surface area contributed by atoms with Crippen LogP contribution in [0.15, 0.2) is 58.7 Å². The van der Waals surface area contributed by atoms with E-state index in [9.17, 15) is 13.2 Å². The fourth-order valence-corrected chi connectivity index (χ4v) is 1.61. The first-order chi connectivity index (χ1) is 10.4. The Labute approximate surface area is 125 Å². The molecule has 114 valence electrons. The first kappa shape index (κ1) is 15.8. The van der Waals surface area contributed by atoms with Crippen molar-refractivity contribution in [2.75, 3.05) is 0 Å². The van der Waals surface area contributed by atoms with E-state index >= 15 is 0 Å². The highest BCUT2D eigenvalue weighted by Gasteiger charge is 2.30. The molecule has 0 bridgehead atoms. The van der Waals surface area contributed by atoms with Gasteiger partial charge in [0, 0.05) is 0 Å². The van der Waals surface area contributed by atoms with Gasteiger partial charge in [-0.2, -0.15) is 10.2 Å². The third-order valence-corrected chi connectivity index (χ3v) is 2.67. The number of hydrogen-bond acceptors (Lipinski definition) is 3. The lowest BCUT2D eigenvalue weighted by Crippen LogP contribution is -2.16. The van der Waals surface area contributed by atoms with Crippen LogP contribution in [0.5, 0.6) is 5.75 Å². The summed E-state index contributed by atoms with van der Waals surface area (Å²) in [6, 6.07) is 13.1. The van der Waals surface area contributed by atoms with E-state index in [1.54, 1.807) is 6.21 Å². The van der Waals surface area contributed by atoms with E-state index in [-0.39, 0.29) is 5.75 Å². The number of halogens is 3. The van der Waals surface area contributed by atoms with Gasteiger partial charge in [-0.25, -0.2) is 0 Å². The average Bonchev–Trinajstić information content (AvgIpc) is 2.45. The molecule has 0 unspecified atom stereocenters. The van der Waals surface area contributed by atoms with Crippen molar-refractivity contribution in [2.45, 2.75) is 13.3 Å². The smallest absolute Gasteiger partial charge is 0.406 e. The second kappa shape index (κ2) is 6.89. The maximum absolute atomic E-state index is 12.0. The van der Waals surface area contributed by atoms with Crippen LogP contribution >= 0.6 is 0 Å². The van der Waals surface area contributed by atoms with Crippen LogP contribution in [0.25, 0.3) is 0 Å². The topological polar surface area (TPSA) is 34.0 Å². The van der Waals surface area contributed by atoms with Gasteiger partial charge in [0.05, 0.1) is 12.4 Å². The van der Waals surface area contributed by atoms with E-state index in [4.69, 9.17) is 0 Å². The van der Waals surface area contributed by atoms with Crippen molar-refractivity contribution in [3.05, 3.63) is 65.2 Å². The van der Waals surface area contributed by atoms with Crippen LogP contribution in [0, 0.1) is 6.92 Å². The van der Waals surface area contributed by atoms with Gasteiger partial charge < -0.3 is 4.74 Å². The predicted molar refractivity (Wildman–Crippen MR) is 79.5 cm³/mol. The second-order valence-electron chi connectivity index (χ2n) is 4.52. The van der Waals surface area contributed by atoms with Gasteiger partial charge in [-0.1, -0.05) is 29.8 Å². The van der Waals surface area contributed by atoms with E-state index in [0.717, 1.165) is 11.1 Å². The number of nitrogens with zero attached hydrogens (tertiary/aromatic N) is 2. The van der Waals surface area contributed by atoms with Gasteiger partial charge in [0.25, 0.3) is 0 Å². The first-order valence-electron chi connectivity index (χ1n) is 6.41. The molecule has 0 heterocycles. The molecule has 0 atom stereocenters. The Hall–Kier alpha value is -2.63. The zero-order valence-corrected chi connectivity index (χ0v) is 11.7. The fourth-order valence-electron chi connectivity index (χ4n) is 1.61. The average molecular weight is 306 g/mol. The molecule has 0 fully saturated rings. The molecule has 22 heavy (non-hydrogen) atoms. The van der Waals surface area contributed by atoms with Gasteiger partial charge in [0.2, 0.25) is 0 Å². The monoisotopic (exact) mass is 306 g/mol. The van der Waals surface area contributed by atoms with E-state index in [1.165, 1.54) is 30.5 Å². The molecule has 0 aliphatic rings. The molecule has 3 nitrogen and oxygen atoms in total. The number of rotatable bonds is 4. The van der Waals surface area contributed by atoms with Crippen LogP contribution in [0.3, 0.4) is 0 Å². The molecule has 0 N–H and O–H groups in total.